The lowest BCUT2D eigenvalue weighted by Crippen LogP contribution is -2.30. The van der Waals surface area contributed by atoms with Crippen molar-refractivity contribution in [2.24, 2.45) is 0 Å². The van der Waals surface area contributed by atoms with E-state index in [-0.39, 0.29) is 18.2 Å². The molecule has 0 aliphatic heterocycles. The molecule has 2 amide bonds. The van der Waals surface area contributed by atoms with Gasteiger partial charge in [0.05, 0.1) is 0 Å². The molecule has 0 bridgehead atoms. The molecule has 0 radical (unpaired) electrons. The van der Waals surface area contributed by atoms with Crippen LogP contribution in [-0.4, -0.2) is 28.1 Å². The van der Waals surface area contributed by atoms with Crippen LogP contribution in [0, 0.1) is 0 Å². The summed E-state index contributed by atoms with van der Waals surface area (Å²) in [5.41, 5.74) is 0.718. The van der Waals surface area contributed by atoms with Crippen molar-refractivity contribution in [2.45, 2.75) is 44.8 Å². The summed E-state index contributed by atoms with van der Waals surface area (Å²) in [4.78, 5) is 23.3. The lowest BCUT2D eigenvalue weighted by molar-refractivity contribution is -0.141. The Kier molecular flexibility index (Phi) is 5.71. The highest BCUT2D eigenvalue weighted by Gasteiger charge is 2.37. The molecule has 1 saturated carbocycles. The van der Waals surface area contributed by atoms with Gasteiger partial charge < -0.3 is 10.6 Å². The van der Waals surface area contributed by atoms with Gasteiger partial charge in [-0.2, -0.15) is 18.3 Å². The van der Waals surface area contributed by atoms with E-state index in [0.717, 1.165) is 18.9 Å². The van der Waals surface area contributed by atoms with E-state index >= 15 is 0 Å². The van der Waals surface area contributed by atoms with E-state index in [4.69, 9.17) is 0 Å². The molecule has 9 heteroatoms. The van der Waals surface area contributed by atoms with Gasteiger partial charge in [0.1, 0.15) is 0 Å². The highest BCUT2D eigenvalue weighted by atomic mass is 19.4. The molecule has 1 fully saturated rings. The maximum atomic E-state index is 12.9. The van der Waals surface area contributed by atoms with Gasteiger partial charge in [0.2, 0.25) is 0 Å². The van der Waals surface area contributed by atoms with E-state index in [1.54, 1.807) is 24.3 Å². The number of carbonyl (C=O) groups excluding carboxylic acids is 2. The summed E-state index contributed by atoms with van der Waals surface area (Å²) in [6.07, 6.45) is -2.26. The number of halogens is 3. The number of aryl methyl sites for hydroxylation is 1. The van der Waals surface area contributed by atoms with Gasteiger partial charge in [0.25, 0.3) is 0 Å². The van der Waals surface area contributed by atoms with Gasteiger partial charge in [-0.3, -0.25) is 9.48 Å². The number of nitrogens with one attached hydrogen (secondary N) is 2. The van der Waals surface area contributed by atoms with Gasteiger partial charge >= 0.3 is 12.2 Å². The van der Waals surface area contributed by atoms with Gasteiger partial charge in [0, 0.05) is 36.0 Å². The molecule has 2 N–H and O–H groups in total. The standard InChI is InChI=1S/C19H21F3N4O2/c1-12(27)14-4-2-5-15(10-14)24-18(28)23-8-3-9-26-16(13-6-7-13)11-17(25-26)19(20,21)22/h2,4-5,10-11,13H,3,6-9H2,1H3,(H2,23,24,28). The molecule has 6 nitrogen and oxygen atoms in total. The number of alkyl halides is 3. The zero-order valence-electron chi connectivity index (χ0n) is 15.3. The summed E-state index contributed by atoms with van der Waals surface area (Å²) < 4.78 is 40.0. The Morgan fingerprint density at radius 1 is 1.25 bits per heavy atom. The van der Waals surface area contributed by atoms with Crippen molar-refractivity contribution in [1.82, 2.24) is 15.1 Å². The molecule has 3 rings (SSSR count). The minimum Gasteiger partial charge on any atom is -0.338 e. The van der Waals surface area contributed by atoms with Crippen LogP contribution in [0.15, 0.2) is 30.3 Å². The molecule has 2 aromatic rings. The highest BCUT2D eigenvalue weighted by molar-refractivity contribution is 5.96. The van der Waals surface area contributed by atoms with E-state index in [0.29, 0.717) is 29.9 Å². The summed E-state index contributed by atoms with van der Waals surface area (Å²) in [5, 5.41) is 8.96. The predicted octanol–water partition coefficient (Wildman–Crippen LogP) is 4.19. The number of urea groups is 1. The van der Waals surface area contributed by atoms with Crippen LogP contribution < -0.4 is 10.6 Å². The third-order valence-corrected chi connectivity index (χ3v) is 4.46. The molecule has 0 atom stereocenters. The quantitative estimate of drug-likeness (QED) is 0.546. The van der Waals surface area contributed by atoms with Crippen LogP contribution >= 0.6 is 0 Å². The molecule has 150 valence electrons. The zero-order chi connectivity index (χ0) is 20.3. The molecule has 1 aromatic carbocycles. The first-order chi connectivity index (χ1) is 13.2. The molecule has 28 heavy (non-hydrogen) atoms. The monoisotopic (exact) mass is 394 g/mol. The van der Waals surface area contributed by atoms with Gasteiger partial charge in [-0.1, -0.05) is 12.1 Å². The van der Waals surface area contributed by atoms with Crippen molar-refractivity contribution < 1.29 is 22.8 Å². The van der Waals surface area contributed by atoms with Crippen LogP contribution in [0.25, 0.3) is 0 Å². The minimum atomic E-state index is -4.46. The number of aromatic nitrogens is 2. The van der Waals surface area contributed by atoms with Crippen LogP contribution in [-0.2, 0) is 12.7 Å². The first-order valence-corrected chi connectivity index (χ1v) is 9.05. The average Bonchev–Trinajstić information content (AvgIpc) is 3.37. The maximum Gasteiger partial charge on any atom is 0.435 e. The van der Waals surface area contributed by atoms with Crippen LogP contribution in [0.3, 0.4) is 0 Å². The second kappa shape index (κ2) is 8.04. The Hall–Kier alpha value is -2.84. The summed E-state index contributed by atoms with van der Waals surface area (Å²) >= 11 is 0. The van der Waals surface area contributed by atoms with Crippen LogP contribution in [0.2, 0.25) is 0 Å². The van der Waals surface area contributed by atoms with Crippen molar-refractivity contribution >= 4 is 17.5 Å². The Morgan fingerprint density at radius 3 is 2.64 bits per heavy atom. The number of carbonyl (C=O) groups is 2. The normalized spacial score (nSPS) is 14.0. The largest absolute Gasteiger partial charge is 0.435 e. The van der Waals surface area contributed by atoms with Crippen molar-refractivity contribution in [2.75, 3.05) is 11.9 Å². The van der Waals surface area contributed by atoms with Crippen molar-refractivity contribution in [1.29, 1.82) is 0 Å². The molecule has 0 spiro atoms. The van der Waals surface area contributed by atoms with Crippen LogP contribution in [0.5, 0.6) is 0 Å². The molecule has 1 heterocycles. The second-order valence-electron chi connectivity index (χ2n) is 6.82. The third kappa shape index (κ3) is 5.11. The first kappa shape index (κ1) is 19.9. The fourth-order valence-electron chi connectivity index (χ4n) is 2.88. The lowest BCUT2D eigenvalue weighted by Gasteiger charge is -2.10. The number of benzene rings is 1. The van der Waals surface area contributed by atoms with E-state index in [9.17, 15) is 22.8 Å². The number of amides is 2. The van der Waals surface area contributed by atoms with Crippen molar-refractivity contribution in [3.05, 3.63) is 47.3 Å². The summed E-state index contributed by atoms with van der Waals surface area (Å²) in [5.74, 6) is 0.0429. The number of anilines is 1. The maximum absolute atomic E-state index is 12.9. The van der Waals surface area contributed by atoms with Gasteiger partial charge in [-0.05, 0) is 44.4 Å². The molecule has 1 aromatic heterocycles. The molecule has 0 unspecified atom stereocenters. The van der Waals surface area contributed by atoms with Crippen LogP contribution in [0.4, 0.5) is 23.7 Å². The predicted molar refractivity (Wildman–Crippen MR) is 97.3 cm³/mol. The SMILES string of the molecule is CC(=O)c1cccc(NC(=O)NCCCn2nc(C(F)(F)F)cc2C2CC2)c1. The molecular formula is C19H21F3N4O2. The number of hydrogen-bond acceptors (Lipinski definition) is 3. The number of nitrogens with zero attached hydrogens (tertiary/aromatic N) is 2. The lowest BCUT2D eigenvalue weighted by atomic mass is 10.1. The number of rotatable bonds is 7. The van der Waals surface area contributed by atoms with E-state index < -0.39 is 17.9 Å². The Morgan fingerprint density at radius 2 is 2.00 bits per heavy atom. The fraction of sp³-hybridized carbons (Fsp3) is 0.421. The smallest absolute Gasteiger partial charge is 0.338 e. The summed E-state index contributed by atoms with van der Waals surface area (Å²) in [7, 11) is 0. The second-order valence-corrected chi connectivity index (χ2v) is 6.82. The Balaban J connectivity index is 1.49. The minimum absolute atomic E-state index is 0.104. The molecule has 1 aliphatic carbocycles. The van der Waals surface area contributed by atoms with Crippen LogP contribution in [0.1, 0.15) is 53.8 Å². The van der Waals surface area contributed by atoms with Gasteiger partial charge in [-0.15, -0.1) is 0 Å². The Labute approximate surface area is 160 Å². The average molecular weight is 394 g/mol. The fourth-order valence-corrected chi connectivity index (χ4v) is 2.88. The van der Waals surface area contributed by atoms with Gasteiger partial charge in [0.15, 0.2) is 11.5 Å². The topological polar surface area (TPSA) is 76.0 Å². The highest BCUT2D eigenvalue weighted by Crippen LogP contribution is 2.42. The van der Waals surface area contributed by atoms with Gasteiger partial charge in [-0.25, -0.2) is 4.79 Å². The third-order valence-electron chi connectivity index (χ3n) is 4.46. The summed E-state index contributed by atoms with van der Waals surface area (Å²) in [6.45, 7) is 2.01. The number of ketones is 1. The molecule has 0 saturated heterocycles. The molecular weight excluding hydrogens is 373 g/mol. The molecule has 1 aliphatic rings. The first-order valence-electron chi connectivity index (χ1n) is 9.05. The van der Waals surface area contributed by atoms with E-state index in [1.165, 1.54) is 11.6 Å². The van der Waals surface area contributed by atoms with E-state index in [2.05, 4.69) is 15.7 Å². The zero-order valence-corrected chi connectivity index (χ0v) is 15.3. The number of hydrogen-bond donors (Lipinski definition) is 2. The summed E-state index contributed by atoms with van der Waals surface area (Å²) in [6, 6.07) is 7.24. The van der Waals surface area contributed by atoms with Crippen molar-refractivity contribution in [3.8, 4) is 0 Å². The Bertz CT molecular complexity index is 872. The van der Waals surface area contributed by atoms with E-state index in [1.807, 2.05) is 0 Å². The number of Topliss-reactive ketones (excluding diaryl/α,β-unsaturated/α-hetero) is 1. The van der Waals surface area contributed by atoms with Crippen molar-refractivity contribution in [3.63, 3.8) is 0 Å².